The Morgan fingerprint density at radius 3 is 2.71 bits per heavy atom. The minimum atomic E-state index is -0.0270. The fraction of sp³-hybridized carbons (Fsp3) is 0.533. The first-order valence-corrected chi connectivity index (χ1v) is 7.34. The van der Waals surface area contributed by atoms with Crippen molar-refractivity contribution >= 4 is 18.0 Å². The lowest BCUT2D eigenvalue weighted by atomic mass is 10.2. The Bertz CT molecular complexity index is 498. The number of amides is 2. The summed E-state index contributed by atoms with van der Waals surface area (Å²) in [5.41, 5.74) is 1.45. The highest BCUT2D eigenvalue weighted by molar-refractivity contribution is 5.94. The number of nitrogens with one attached hydrogen (secondary N) is 1. The van der Waals surface area contributed by atoms with Gasteiger partial charge in [-0.3, -0.25) is 14.6 Å². The molecule has 1 aromatic heterocycles. The summed E-state index contributed by atoms with van der Waals surface area (Å²) < 4.78 is 0. The molecule has 6 heteroatoms. The summed E-state index contributed by atoms with van der Waals surface area (Å²) in [6.07, 6.45) is 5.16. The van der Waals surface area contributed by atoms with Crippen molar-refractivity contribution in [2.24, 2.45) is 0 Å². The molecule has 1 unspecified atom stereocenters. The second-order valence-corrected chi connectivity index (χ2v) is 5.35. The fourth-order valence-corrected chi connectivity index (χ4v) is 2.24. The summed E-state index contributed by atoms with van der Waals surface area (Å²) >= 11 is 0. The number of nitrogens with zero attached hydrogens (tertiary/aromatic N) is 3. The second kappa shape index (κ2) is 7.06. The van der Waals surface area contributed by atoms with E-state index in [1.165, 1.54) is 0 Å². The van der Waals surface area contributed by atoms with Crippen LogP contribution in [0.2, 0.25) is 0 Å². The van der Waals surface area contributed by atoms with Crippen LogP contribution in [-0.2, 0) is 4.79 Å². The molecule has 2 amide bonds. The van der Waals surface area contributed by atoms with Crippen molar-refractivity contribution in [1.82, 2.24) is 14.8 Å². The highest BCUT2D eigenvalue weighted by atomic mass is 16.2. The number of hydrogen-bond acceptors (Lipinski definition) is 4. The Morgan fingerprint density at radius 2 is 2.10 bits per heavy atom. The third-order valence-corrected chi connectivity index (χ3v) is 3.76. The summed E-state index contributed by atoms with van der Waals surface area (Å²) in [5.74, 6) is -0.0270. The van der Waals surface area contributed by atoms with Crippen molar-refractivity contribution in [1.29, 1.82) is 0 Å². The zero-order chi connectivity index (χ0) is 15.2. The van der Waals surface area contributed by atoms with E-state index in [9.17, 15) is 9.59 Å². The van der Waals surface area contributed by atoms with Crippen LogP contribution in [0.15, 0.2) is 18.5 Å². The maximum absolute atomic E-state index is 12.5. The van der Waals surface area contributed by atoms with Crippen molar-refractivity contribution in [3.8, 4) is 0 Å². The van der Waals surface area contributed by atoms with Crippen LogP contribution in [0, 0.1) is 0 Å². The standard InChI is InChI=1S/C15H22N4O2/c1-3-12(2)17-14-8-13(9-16-10-14)15(21)19-6-4-18(11-20)5-7-19/h8-12,17H,3-7H2,1-2H3. The zero-order valence-electron chi connectivity index (χ0n) is 12.6. The van der Waals surface area contributed by atoms with E-state index in [-0.39, 0.29) is 5.91 Å². The first-order valence-electron chi connectivity index (χ1n) is 7.34. The molecule has 0 aliphatic carbocycles. The van der Waals surface area contributed by atoms with E-state index in [0.717, 1.165) is 18.5 Å². The molecule has 6 nitrogen and oxygen atoms in total. The number of rotatable bonds is 5. The van der Waals surface area contributed by atoms with Crippen LogP contribution in [0.1, 0.15) is 30.6 Å². The van der Waals surface area contributed by atoms with Gasteiger partial charge in [0.25, 0.3) is 5.91 Å². The molecule has 1 aliphatic heterocycles. The van der Waals surface area contributed by atoms with Gasteiger partial charge in [0, 0.05) is 44.6 Å². The monoisotopic (exact) mass is 290 g/mol. The average molecular weight is 290 g/mol. The topological polar surface area (TPSA) is 65.5 Å². The van der Waals surface area contributed by atoms with Crippen molar-refractivity contribution in [3.63, 3.8) is 0 Å². The van der Waals surface area contributed by atoms with E-state index in [4.69, 9.17) is 0 Å². The van der Waals surface area contributed by atoms with Gasteiger partial charge in [-0.1, -0.05) is 6.92 Å². The molecule has 0 bridgehead atoms. The molecular weight excluding hydrogens is 268 g/mol. The summed E-state index contributed by atoms with van der Waals surface area (Å²) in [4.78, 5) is 30.7. The number of anilines is 1. The Hall–Kier alpha value is -2.11. The lowest BCUT2D eigenvalue weighted by Crippen LogP contribution is -2.48. The molecule has 1 aromatic rings. The predicted molar refractivity (Wildman–Crippen MR) is 81.2 cm³/mol. The number of piperazine rings is 1. The van der Waals surface area contributed by atoms with Gasteiger partial charge < -0.3 is 15.1 Å². The van der Waals surface area contributed by atoms with Gasteiger partial charge in [-0.15, -0.1) is 0 Å². The number of carbonyl (C=O) groups is 2. The fourth-order valence-electron chi connectivity index (χ4n) is 2.24. The largest absolute Gasteiger partial charge is 0.381 e. The molecule has 1 aliphatic rings. The first kappa shape index (κ1) is 15.3. The molecule has 21 heavy (non-hydrogen) atoms. The van der Waals surface area contributed by atoms with Crippen molar-refractivity contribution < 1.29 is 9.59 Å². The van der Waals surface area contributed by atoms with Crippen LogP contribution in [0.4, 0.5) is 5.69 Å². The lowest BCUT2D eigenvalue weighted by Gasteiger charge is -2.32. The number of aromatic nitrogens is 1. The van der Waals surface area contributed by atoms with E-state index in [1.54, 1.807) is 22.2 Å². The van der Waals surface area contributed by atoms with Gasteiger partial charge in [0.15, 0.2) is 0 Å². The molecule has 0 spiro atoms. The van der Waals surface area contributed by atoms with Crippen molar-refractivity contribution in [2.75, 3.05) is 31.5 Å². The molecule has 2 rings (SSSR count). The highest BCUT2D eigenvalue weighted by Gasteiger charge is 2.21. The minimum Gasteiger partial charge on any atom is -0.381 e. The van der Waals surface area contributed by atoms with Gasteiger partial charge in [-0.2, -0.15) is 0 Å². The Morgan fingerprint density at radius 1 is 1.38 bits per heavy atom. The van der Waals surface area contributed by atoms with Crippen LogP contribution in [0.25, 0.3) is 0 Å². The predicted octanol–water partition coefficient (Wildman–Crippen LogP) is 1.21. The van der Waals surface area contributed by atoms with Crippen LogP contribution in [0.3, 0.4) is 0 Å². The van der Waals surface area contributed by atoms with E-state index >= 15 is 0 Å². The first-order chi connectivity index (χ1) is 10.1. The van der Waals surface area contributed by atoms with E-state index in [1.807, 2.05) is 6.07 Å². The normalized spacial score (nSPS) is 16.5. The van der Waals surface area contributed by atoms with Crippen molar-refractivity contribution in [2.45, 2.75) is 26.3 Å². The Labute approximate surface area is 125 Å². The van der Waals surface area contributed by atoms with Gasteiger partial charge in [0.05, 0.1) is 11.3 Å². The molecule has 1 N–H and O–H groups in total. The summed E-state index contributed by atoms with van der Waals surface area (Å²) in [6, 6.07) is 2.18. The Kier molecular flexibility index (Phi) is 5.14. The Balaban J connectivity index is 2.02. The molecule has 2 heterocycles. The summed E-state index contributed by atoms with van der Waals surface area (Å²) in [5, 5.41) is 3.32. The van der Waals surface area contributed by atoms with Gasteiger partial charge in [-0.05, 0) is 19.4 Å². The van der Waals surface area contributed by atoms with Gasteiger partial charge in [0.1, 0.15) is 0 Å². The van der Waals surface area contributed by atoms with Gasteiger partial charge in [-0.25, -0.2) is 0 Å². The molecule has 0 saturated carbocycles. The maximum atomic E-state index is 12.5. The second-order valence-electron chi connectivity index (χ2n) is 5.35. The van der Waals surface area contributed by atoms with E-state index in [0.29, 0.717) is 37.8 Å². The van der Waals surface area contributed by atoms with Crippen LogP contribution in [0.5, 0.6) is 0 Å². The SMILES string of the molecule is CCC(C)Nc1cncc(C(=O)N2CCN(C=O)CC2)c1. The van der Waals surface area contributed by atoms with E-state index < -0.39 is 0 Å². The molecule has 0 aromatic carbocycles. The molecule has 114 valence electrons. The quantitative estimate of drug-likeness (QED) is 0.828. The van der Waals surface area contributed by atoms with E-state index in [2.05, 4.69) is 24.1 Å². The molecular formula is C15H22N4O2. The third-order valence-electron chi connectivity index (χ3n) is 3.76. The van der Waals surface area contributed by atoms with Gasteiger partial charge >= 0.3 is 0 Å². The lowest BCUT2D eigenvalue weighted by molar-refractivity contribution is -0.119. The molecule has 0 radical (unpaired) electrons. The molecule has 1 atom stereocenters. The average Bonchev–Trinajstić information content (AvgIpc) is 2.54. The third kappa shape index (κ3) is 3.93. The minimum absolute atomic E-state index is 0.0270. The molecule has 1 saturated heterocycles. The number of carbonyl (C=O) groups excluding carboxylic acids is 2. The van der Waals surface area contributed by atoms with Crippen molar-refractivity contribution in [3.05, 3.63) is 24.0 Å². The van der Waals surface area contributed by atoms with Crippen LogP contribution >= 0.6 is 0 Å². The summed E-state index contributed by atoms with van der Waals surface area (Å²) in [7, 11) is 0. The smallest absolute Gasteiger partial charge is 0.255 e. The number of pyridine rings is 1. The highest BCUT2D eigenvalue weighted by Crippen LogP contribution is 2.13. The van der Waals surface area contributed by atoms with Gasteiger partial charge in [0.2, 0.25) is 6.41 Å². The van der Waals surface area contributed by atoms with Crippen LogP contribution < -0.4 is 5.32 Å². The van der Waals surface area contributed by atoms with Crippen LogP contribution in [-0.4, -0.2) is 59.3 Å². The molecule has 1 fully saturated rings. The summed E-state index contributed by atoms with van der Waals surface area (Å²) in [6.45, 7) is 6.52. The zero-order valence-corrected chi connectivity index (χ0v) is 12.6. The maximum Gasteiger partial charge on any atom is 0.255 e. The number of hydrogen-bond donors (Lipinski definition) is 1.